The van der Waals surface area contributed by atoms with Crippen LogP contribution in [-0.2, 0) is 16.0 Å². The summed E-state index contributed by atoms with van der Waals surface area (Å²) < 4.78 is 24.4. The molecule has 0 saturated carbocycles. The molecule has 1 aliphatic heterocycles. The van der Waals surface area contributed by atoms with E-state index in [1.807, 2.05) is 13.0 Å². The maximum Gasteiger partial charge on any atom is 0.295 e. The average Bonchev–Trinajstić information content (AvgIpc) is 3.34. The largest absolute Gasteiger partial charge is 0.507 e. The molecule has 6 nitrogen and oxygen atoms in total. The number of hydrogen-bond donors (Lipinski definition) is 1. The highest BCUT2D eigenvalue weighted by atomic mass is 19.1. The topological polar surface area (TPSA) is 80.0 Å². The Bertz CT molecular complexity index is 1240. The van der Waals surface area contributed by atoms with Crippen molar-refractivity contribution in [3.8, 4) is 5.75 Å². The number of nitrogens with zero attached hydrogens (tertiary/aromatic N) is 1. The predicted molar refractivity (Wildman–Crippen MR) is 120 cm³/mol. The lowest BCUT2D eigenvalue weighted by atomic mass is 9.97. The number of hydrogen-bond acceptors (Lipinski definition) is 5. The summed E-state index contributed by atoms with van der Waals surface area (Å²) in [7, 11) is 1.47. The number of carbonyl (C=O) groups is 2. The van der Waals surface area contributed by atoms with Crippen LogP contribution < -0.4 is 4.74 Å². The van der Waals surface area contributed by atoms with Crippen molar-refractivity contribution in [2.75, 3.05) is 13.7 Å². The Morgan fingerprint density at radius 3 is 2.45 bits per heavy atom. The molecule has 1 unspecified atom stereocenters. The van der Waals surface area contributed by atoms with Crippen LogP contribution in [0.1, 0.15) is 34.3 Å². The van der Waals surface area contributed by atoms with Crippen LogP contribution in [0.25, 0.3) is 5.76 Å². The lowest BCUT2D eigenvalue weighted by Crippen LogP contribution is -2.31. The molecule has 0 bridgehead atoms. The zero-order chi connectivity index (χ0) is 23.7. The molecule has 1 aliphatic rings. The SMILES string of the molecule is COc1ccc(C)cc1/C(O)=C1\C(=O)C(=O)N(CCc2ccc(F)cc2)C1c1ccc(C)o1. The number of aliphatic hydroxyl groups is 1. The summed E-state index contributed by atoms with van der Waals surface area (Å²) in [5.74, 6) is -0.834. The smallest absolute Gasteiger partial charge is 0.295 e. The summed E-state index contributed by atoms with van der Waals surface area (Å²) >= 11 is 0. The molecule has 1 atom stereocenters. The van der Waals surface area contributed by atoms with E-state index < -0.39 is 17.7 Å². The van der Waals surface area contributed by atoms with Crippen molar-refractivity contribution in [1.82, 2.24) is 4.90 Å². The van der Waals surface area contributed by atoms with Crippen LogP contribution in [0.15, 0.2) is 64.6 Å². The maximum atomic E-state index is 13.3. The van der Waals surface area contributed by atoms with Crippen LogP contribution in [-0.4, -0.2) is 35.4 Å². The normalized spacial score (nSPS) is 17.6. The third-order valence-corrected chi connectivity index (χ3v) is 5.74. The third kappa shape index (κ3) is 4.26. The quantitative estimate of drug-likeness (QED) is 0.335. The van der Waals surface area contributed by atoms with E-state index in [1.165, 1.54) is 24.1 Å². The Hall–Kier alpha value is -3.87. The van der Waals surface area contributed by atoms with Gasteiger partial charge in [-0.05, 0) is 62.2 Å². The number of aryl methyl sites for hydroxylation is 2. The molecule has 0 aliphatic carbocycles. The molecule has 7 heteroatoms. The van der Waals surface area contributed by atoms with Gasteiger partial charge in [-0.3, -0.25) is 9.59 Å². The molecule has 1 amide bonds. The zero-order valence-corrected chi connectivity index (χ0v) is 18.6. The summed E-state index contributed by atoms with van der Waals surface area (Å²) in [5, 5.41) is 11.2. The number of ether oxygens (including phenoxy) is 1. The van der Waals surface area contributed by atoms with E-state index in [1.54, 1.807) is 43.3 Å². The van der Waals surface area contributed by atoms with E-state index in [0.717, 1.165) is 11.1 Å². The van der Waals surface area contributed by atoms with Gasteiger partial charge in [-0.15, -0.1) is 0 Å². The number of furan rings is 1. The van der Waals surface area contributed by atoms with Gasteiger partial charge in [-0.1, -0.05) is 23.8 Å². The summed E-state index contributed by atoms with van der Waals surface area (Å²) in [4.78, 5) is 27.5. The Morgan fingerprint density at radius 1 is 1.09 bits per heavy atom. The van der Waals surface area contributed by atoms with Gasteiger partial charge in [0.15, 0.2) is 0 Å². The van der Waals surface area contributed by atoms with Gasteiger partial charge >= 0.3 is 0 Å². The summed E-state index contributed by atoms with van der Waals surface area (Å²) in [6, 6.07) is 13.7. The Labute approximate surface area is 190 Å². The third-order valence-electron chi connectivity index (χ3n) is 5.74. The van der Waals surface area contributed by atoms with Crippen molar-refractivity contribution < 1.29 is 28.2 Å². The lowest BCUT2D eigenvalue weighted by Gasteiger charge is -2.23. The first-order valence-electron chi connectivity index (χ1n) is 10.5. The molecule has 1 N–H and O–H groups in total. The lowest BCUT2D eigenvalue weighted by molar-refractivity contribution is -0.140. The number of ketones is 1. The minimum Gasteiger partial charge on any atom is -0.507 e. The van der Waals surface area contributed by atoms with Gasteiger partial charge in [-0.2, -0.15) is 0 Å². The summed E-state index contributed by atoms with van der Waals surface area (Å²) in [6.07, 6.45) is 0.400. The van der Waals surface area contributed by atoms with E-state index in [0.29, 0.717) is 29.3 Å². The van der Waals surface area contributed by atoms with E-state index in [4.69, 9.17) is 9.15 Å². The number of halogens is 1. The number of benzene rings is 2. The first-order chi connectivity index (χ1) is 15.8. The molecule has 0 spiro atoms. The fourth-order valence-electron chi connectivity index (χ4n) is 4.06. The summed E-state index contributed by atoms with van der Waals surface area (Å²) in [5.41, 5.74) is 1.93. The molecular formula is C26H24FNO5. The Balaban J connectivity index is 1.80. The molecule has 4 rings (SSSR count). The fraction of sp³-hybridized carbons (Fsp3) is 0.231. The van der Waals surface area contributed by atoms with Crippen LogP contribution in [0.3, 0.4) is 0 Å². The van der Waals surface area contributed by atoms with E-state index in [2.05, 4.69) is 0 Å². The number of rotatable bonds is 6. The second kappa shape index (κ2) is 8.94. The van der Waals surface area contributed by atoms with Gasteiger partial charge < -0.3 is 19.2 Å². The minimum atomic E-state index is -0.899. The fourth-order valence-corrected chi connectivity index (χ4v) is 4.06. The molecule has 170 valence electrons. The van der Waals surface area contributed by atoms with Gasteiger partial charge in [0.2, 0.25) is 0 Å². The van der Waals surface area contributed by atoms with Crippen molar-refractivity contribution in [2.24, 2.45) is 0 Å². The van der Waals surface area contributed by atoms with Crippen LogP contribution in [0, 0.1) is 19.7 Å². The second-order valence-electron chi connectivity index (χ2n) is 8.02. The van der Waals surface area contributed by atoms with Gasteiger partial charge in [0, 0.05) is 6.54 Å². The molecule has 1 saturated heterocycles. The number of amides is 1. The molecule has 1 fully saturated rings. The highest BCUT2D eigenvalue weighted by Gasteiger charge is 2.47. The first-order valence-corrected chi connectivity index (χ1v) is 10.5. The number of methoxy groups -OCH3 is 1. The van der Waals surface area contributed by atoms with Crippen molar-refractivity contribution in [1.29, 1.82) is 0 Å². The number of Topliss-reactive ketones (excluding diaryl/α,β-unsaturated/α-hetero) is 1. The van der Waals surface area contributed by atoms with Crippen molar-refractivity contribution in [2.45, 2.75) is 26.3 Å². The van der Waals surface area contributed by atoms with E-state index >= 15 is 0 Å². The van der Waals surface area contributed by atoms with E-state index in [-0.39, 0.29) is 23.7 Å². The molecule has 2 heterocycles. The zero-order valence-electron chi connectivity index (χ0n) is 18.6. The second-order valence-corrected chi connectivity index (χ2v) is 8.02. The average molecular weight is 449 g/mol. The first kappa shape index (κ1) is 22.3. The summed E-state index contributed by atoms with van der Waals surface area (Å²) in [6.45, 7) is 3.80. The highest BCUT2D eigenvalue weighted by molar-refractivity contribution is 6.46. The maximum absolute atomic E-state index is 13.3. The molecule has 3 aromatic rings. The van der Waals surface area contributed by atoms with Crippen LogP contribution in [0.4, 0.5) is 4.39 Å². The molecule has 1 aromatic heterocycles. The monoisotopic (exact) mass is 449 g/mol. The van der Waals surface area contributed by atoms with Crippen molar-refractivity contribution in [3.05, 3.63) is 94.2 Å². The Kier molecular flexibility index (Phi) is 6.05. The van der Waals surface area contributed by atoms with Crippen LogP contribution in [0.2, 0.25) is 0 Å². The number of carbonyl (C=O) groups excluding carboxylic acids is 2. The molecule has 33 heavy (non-hydrogen) atoms. The van der Waals surface area contributed by atoms with Crippen molar-refractivity contribution in [3.63, 3.8) is 0 Å². The predicted octanol–water partition coefficient (Wildman–Crippen LogP) is 4.71. The van der Waals surface area contributed by atoms with Crippen LogP contribution >= 0.6 is 0 Å². The number of aliphatic hydroxyl groups excluding tert-OH is 1. The van der Waals surface area contributed by atoms with Crippen molar-refractivity contribution >= 4 is 17.4 Å². The van der Waals surface area contributed by atoms with Gasteiger partial charge in [0.05, 0.1) is 18.2 Å². The molecule has 2 aromatic carbocycles. The van der Waals surface area contributed by atoms with Gasteiger partial charge in [0.1, 0.15) is 34.9 Å². The minimum absolute atomic E-state index is 0.0580. The molecule has 0 radical (unpaired) electrons. The highest BCUT2D eigenvalue weighted by Crippen LogP contribution is 2.41. The van der Waals surface area contributed by atoms with Gasteiger partial charge in [0.25, 0.3) is 11.7 Å². The van der Waals surface area contributed by atoms with Crippen LogP contribution in [0.5, 0.6) is 5.75 Å². The van der Waals surface area contributed by atoms with E-state index in [9.17, 15) is 19.1 Å². The Morgan fingerprint density at radius 2 is 1.82 bits per heavy atom. The number of likely N-dealkylation sites (tertiary alicyclic amines) is 1. The van der Waals surface area contributed by atoms with Gasteiger partial charge in [-0.25, -0.2) is 4.39 Å². The standard InChI is InChI=1S/C26H24FNO5/c1-15-4-10-20(32-3)19(14-15)24(29)22-23(21-11-5-16(2)33-21)28(26(31)25(22)30)13-12-17-6-8-18(27)9-7-17/h4-11,14,23,29H,12-13H2,1-3H3/b24-22+. The molecular weight excluding hydrogens is 425 g/mol.